The van der Waals surface area contributed by atoms with Crippen molar-refractivity contribution in [2.45, 2.75) is 32.7 Å². The van der Waals surface area contributed by atoms with E-state index < -0.39 is 6.04 Å². The highest BCUT2D eigenvalue weighted by atomic mass is 16.5. The summed E-state index contributed by atoms with van der Waals surface area (Å²) in [5.74, 6) is 0.146. The fraction of sp³-hybridized carbons (Fsp3) is 0.421. The first-order chi connectivity index (χ1) is 12.3. The number of hydrogen-bond acceptors (Lipinski definition) is 5. The van der Waals surface area contributed by atoms with Crippen LogP contribution in [0.5, 0.6) is 5.75 Å². The van der Waals surface area contributed by atoms with Crippen LogP contribution in [0, 0.1) is 13.8 Å². The zero-order valence-electron chi connectivity index (χ0n) is 15.8. The summed E-state index contributed by atoms with van der Waals surface area (Å²) < 4.78 is 11.7. The van der Waals surface area contributed by atoms with Crippen molar-refractivity contribution in [2.24, 2.45) is 7.05 Å². The quantitative estimate of drug-likeness (QED) is 0.765. The summed E-state index contributed by atoms with van der Waals surface area (Å²) in [5.41, 5.74) is 3.49. The fourth-order valence-electron chi connectivity index (χ4n) is 2.82. The molecule has 0 saturated carbocycles. The number of benzene rings is 1. The molecule has 0 saturated heterocycles. The van der Waals surface area contributed by atoms with Crippen molar-refractivity contribution in [3.05, 3.63) is 46.8 Å². The van der Waals surface area contributed by atoms with Gasteiger partial charge in [0, 0.05) is 18.3 Å². The molecule has 140 valence electrons. The zero-order chi connectivity index (χ0) is 19.3. The predicted octanol–water partition coefficient (Wildman–Crippen LogP) is 2.01. The van der Waals surface area contributed by atoms with Crippen LogP contribution in [0.25, 0.3) is 0 Å². The van der Waals surface area contributed by atoms with Gasteiger partial charge < -0.3 is 14.8 Å². The molecule has 1 aromatic carbocycles. The average Bonchev–Trinajstić information content (AvgIpc) is 2.87. The number of methoxy groups -OCH3 is 2. The second-order valence-electron chi connectivity index (χ2n) is 6.12. The van der Waals surface area contributed by atoms with Gasteiger partial charge in [-0.25, -0.2) is 0 Å². The molecule has 1 unspecified atom stereocenters. The molecule has 1 atom stereocenters. The summed E-state index contributed by atoms with van der Waals surface area (Å²) in [6, 6.07) is 6.77. The van der Waals surface area contributed by atoms with Crippen LogP contribution in [0.1, 0.15) is 35.0 Å². The molecule has 1 heterocycles. The smallest absolute Gasteiger partial charge is 0.307 e. The summed E-state index contributed by atoms with van der Waals surface area (Å²) in [7, 11) is 4.76. The van der Waals surface area contributed by atoms with Gasteiger partial charge in [-0.3, -0.25) is 14.3 Å². The van der Waals surface area contributed by atoms with Crippen LogP contribution in [-0.4, -0.2) is 35.9 Å². The fourth-order valence-corrected chi connectivity index (χ4v) is 2.82. The van der Waals surface area contributed by atoms with E-state index in [2.05, 4.69) is 10.4 Å². The highest BCUT2D eigenvalue weighted by molar-refractivity contribution is 5.80. The van der Waals surface area contributed by atoms with Gasteiger partial charge in [-0.15, -0.1) is 0 Å². The number of aromatic nitrogens is 2. The van der Waals surface area contributed by atoms with Crippen molar-refractivity contribution < 1.29 is 19.1 Å². The highest BCUT2D eigenvalue weighted by Gasteiger charge is 2.21. The molecule has 7 nitrogen and oxygen atoms in total. The Balaban J connectivity index is 2.16. The van der Waals surface area contributed by atoms with Gasteiger partial charge in [0.25, 0.3) is 0 Å². The first-order valence-electron chi connectivity index (χ1n) is 8.35. The number of hydrogen-bond donors (Lipinski definition) is 1. The maximum Gasteiger partial charge on any atom is 0.307 e. The van der Waals surface area contributed by atoms with Crippen LogP contribution in [-0.2, 0) is 27.8 Å². The van der Waals surface area contributed by atoms with E-state index in [1.165, 1.54) is 7.11 Å². The number of amides is 1. The lowest BCUT2D eigenvalue weighted by Gasteiger charge is -2.19. The number of nitrogens with one attached hydrogen (secondary N) is 1. The molecular formula is C19H25N3O4. The predicted molar refractivity (Wildman–Crippen MR) is 96.9 cm³/mol. The van der Waals surface area contributed by atoms with Gasteiger partial charge in [-0.1, -0.05) is 12.1 Å². The highest BCUT2D eigenvalue weighted by Crippen LogP contribution is 2.21. The number of carbonyl (C=O) groups excluding carboxylic acids is 2. The van der Waals surface area contributed by atoms with Gasteiger partial charge in [0.2, 0.25) is 5.91 Å². The van der Waals surface area contributed by atoms with E-state index in [-0.39, 0.29) is 24.7 Å². The SMILES string of the molecule is COC(=O)CC(NC(=O)Cc1c(C)nn(C)c1C)c1ccc(OC)cc1. The van der Waals surface area contributed by atoms with Crippen molar-refractivity contribution in [3.8, 4) is 5.75 Å². The number of rotatable bonds is 7. The summed E-state index contributed by atoms with van der Waals surface area (Å²) in [4.78, 5) is 24.3. The molecule has 0 spiro atoms. The number of ether oxygens (including phenoxy) is 2. The Hall–Kier alpha value is -2.83. The number of nitrogens with zero attached hydrogens (tertiary/aromatic N) is 2. The van der Waals surface area contributed by atoms with E-state index in [1.807, 2.05) is 33.0 Å². The van der Waals surface area contributed by atoms with Crippen LogP contribution in [0.3, 0.4) is 0 Å². The third kappa shape index (κ3) is 4.62. The summed E-state index contributed by atoms with van der Waals surface area (Å²) in [5, 5.41) is 7.26. The first-order valence-corrected chi connectivity index (χ1v) is 8.35. The normalized spacial score (nSPS) is 11.7. The van der Waals surface area contributed by atoms with E-state index in [0.29, 0.717) is 5.75 Å². The van der Waals surface area contributed by atoms with Crippen molar-refractivity contribution >= 4 is 11.9 Å². The van der Waals surface area contributed by atoms with E-state index >= 15 is 0 Å². The molecule has 1 amide bonds. The molecule has 0 radical (unpaired) electrons. The molecule has 7 heteroatoms. The van der Waals surface area contributed by atoms with Crippen LogP contribution in [0.15, 0.2) is 24.3 Å². The monoisotopic (exact) mass is 359 g/mol. The molecule has 0 bridgehead atoms. The number of aryl methyl sites for hydroxylation is 2. The summed E-state index contributed by atoms with van der Waals surface area (Å²) in [6.07, 6.45) is 0.263. The minimum Gasteiger partial charge on any atom is -0.497 e. The molecule has 1 N–H and O–H groups in total. The Labute approximate surface area is 153 Å². The Morgan fingerprint density at radius 3 is 2.35 bits per heavy atom. The number of carbonyl (C=O) groups is 2. The molecular weight excluding hydrogens is 334 g/mol. The molecule has 2 rings (SSSR count). The van der Waals surface area contributed by atoms with Crippen LogP contribution in [0.2, 0.25) is 0 Å². The molecule has 0 aliphatic carbocycles. The topological polar surface area (TPSA) is 82.5 Å². The Morgan fingerprint density at radius 1 is 1.19 bits per heavy atom. The van der Waals surface area contributed by atoms with Crippen LogP contribution < -0.4 is 10.1 Å². The molecule has 26 heavy (non-hydrogen) atoms. The van der Waals surface area contributed by atoms with Crippen LogP contribution in [0.4, 0.5) is 0 Å². The Kier molecular flexibility index (Phi) is 6.38. The molecule has 0 aliphatic heterocycles. The first kappa shape index (κ1) is 19.5. The van der Waals surface area contributed by atoms with E-state index in [1.54, 1.807) is 23.9 Å². The van der Waals surface area contributed by atoms with E-state index in [0.717, 1.165) is 22.5 Å². The minimum absolute atomic E-state index is 0.0551. The lowest BCUT2D eigenvalue weighted by molar-refractivity contribution is -0.141. The van der Waals surface area contributed by atoms with Crippen molar-refractivity contribution in [1.29, 1.82) is 0 Å². The lowest BCUT2D eigenvalue weighted by Crippen LogP contribution is -2.31. The second kappa shape index (κ2) is 8.51. The van der Waals surface area contributed by atoms with Crippen LogP contribution >= 0.6 is 0 Å². The van der Waals surface area contributed by atoms with Crippen molar-refractivity contribution in [2.75, 3.05) is 14.2 Å². The van der Waals surface area contributed by atoms with E-state index in [9.17, 15) is 9.59 Å². The minimum atomic E-state index is -0.474. The van der Waals surface area contributed by atoms with Gasteiger partial charge in [0.05, 0.1) is 38.8 Å². The Bertz CT molecular complexity index is 781. The Morgan fingerprint density at radius 2 is 1.85 bits per heavy atom. The van der Waals surface area contributed by atoms with Crippen molar-refractivity contribution in [3.63, 3.8) is 0 Å². The molecule has 2 aromatic rings. The molecule has 0 aliphatic rings. The van der Waals surface area contributed by atoms with Gasteiger partial charge in [0.1, 0.15) is 5.75 Å². The summed E-state index contributed by atoms with van der Waals surface area (Å²) in [6.45, 7) is 3.81. The molecule has 1 aromatic heterocycles. The average molecular weight is 359 g/mol. The van der Waals surface area contributed by atoms with Gasteiger partial charge in [-0.2, -0.15) is 5.10 Å². The van der Waals surface area contributed by atoms with Gasteiger partial charge in [-0.05, 0) is 31.5 Å². The molecule has 0 fully saturated rings. The largest absolute Gasteiger partial charge is 0.497 e. The van der Waals surface area contributed by atoms with E-state index in [4.69, 9.17) is 9.47 Å². The maximum atomic E-state index is 12.6. The van der Waals surface area contributed by atoms with Crippen molar-refractivity contribution in [1.82, 2.24) is 15.1 Å². The second-order valence-corrected chi connectivity index (χ2v) is 6.12. The maximum absolute atomic E-state index is 12.6. The lowest BCUT2D eigenvalue weighted by atomic mass is 10.0. The van der Waals surface area contributed by atoms with Gasteiger partial charge in [0.15, 0.2) is 0 Å². The summed E-state index contributed by atoms with van der Waals surface area (Å²) >= 11 is 0. The standard InChI is InChI=1S/C19H25N3O4/c1-12-16(13(2)22(3)21-12)10-18(23)20-17(11-19(24)26-5)14-6-8-15(25-4)9-7-14/h6-9,17H,10-11H2,1-5H3,(H,20,23). The third-order valence-electron chi connectivity index (χ3n) is 4.45. The zero-order valence-corrected chi connectivity index (χ0v) is 15.8. The van der Waals surface area contributed by atoms with Gasteiger partial charge >= 0.3 is 5.97 Å². The third-order valence-corrected chi connectivity index (χ3v) is 4.45. The number of esters is 1.